The van der Waals surface area contributed by atoms with Gasteiger partial charge in [-0.2, -0.15) is 0 Å². The summed E-state index contributed by atoms with van der Waals surface area (Å²) in [5, 5.41) is 12.1. The number of carbonyl (C=O) groups is 1. The van der Waals surface area contributed by atoms with Crippen LogP contribution in [0, 0.1) is 0 Å². The van der Waals surface area contributed by atoms with Crippen LogP contribution < -0.4 is 5.32 Å². The molecule has 0 aromatic heterocycles. The van der Waals surface area contributed by atoms with Crippen molar-refractivity contribution < 1.29 is 9.90 Å². The molecule has 2 aromatic rings. The number of carbonyl (C=O) groups excluding carboxylic acids is 1. The third-order valence-electron chi connectivity index (χ3n) is 3.32. The number of amides is 1. The van der Waals surface area contributed by atoms with Crippen LogP contribution in [0.4, 0.5) is 5.69 Å². The summed E-state index contributed by atoms with van der Waals surface area (Å²) in [5.41, 5.74) is 2.92. The van der Waals surface area contributed by atoms with E-state index in [0.717, 1.165) is 5.56 Å². The van der Waals surface area contributed by atoms with Crippen LogP contribution >= 0.6 is 0 Å². The lowest BCUT2D eigenvalue weighted by atomic mass is 9.87. The van der Waals surface area contributed by atoms with Crippen LogP contribution in [-0.2, 0) is 10.2 Å². The van der Waals surface area contributed by atoms with Crippen LogP contribution in [0.3, 0.4) is 0 Å². The molecule has 0 bridgehead atoms. The second-order valence-electron chi connectivity index (χ2n) is 6.24. The molecule has 0 heterocycles. The van der Waals surface area contributed by atoms with Crippen molar-refractivity contribution in [1.82, 2.24) is 0 Å². The maximum Gasteiger partial charge on any atom is 0.248 e. The van der Waals surface area contributed by atoms with Crippen LogP contribution in [0.5, 0.6) is 5.75 Å². The van der Waals surface area contributed by atoms with Gasteiger partial charge in [-0.15, -0.1) is 0 Å². The van der Waals surface area contributed by atoms with Gasteiger partial charge < -0.3 is 10.4 Å². The highest BCUT2D eigenvalue weighted by Crippen LogP contribution is 2.22. The topological polar surface area (TPSA) is 49.3 Å². The van der Waals surface area contributed by atoms with Crippen molar-refractivity contribution in [1.29, 1.82) is 0 Å². The van der Waals surface area contributed by atoms with Crippen molar-refractivity contribution in [2.75, 3.05) is 5.32 Å². The van der Waals surface area contributed by atoms with Crippen LogP contribution in [0.15, 0.2) is 54.6 Å². The fraction of sp³-hybridized carbons (Fsp3) is 0.211. The number of rotatable bonds is 3. The molecule has 0 saturated heterocycles. The monoisotopic (exact) mass is 295 g/mol. The normalized spacial score (nSPS) is 11.6. The molecule has 3 nitrogen and oxygen atoms in total. The van der Waals surface area contributed by atoms with E-state index in [1.807, 2.05) is 12.1 Å². The minimum atomic E-state index is -0.231. The smallest absolute Gasteiger partial charge is 0.248 e. The summed E-state index contributed by atoms with van der Waals surface area (Å²) >= 11 is 0. The van der Waals surface area contributed by atoms with Crippen molar-refractivity contribution >= 4 is 17.7 Å². The second-order valence-corrected chi connectivity index (χ2v) is 6.24. The summed E-state index contributed by atoms with van der Waals surface area (Å²) < 4.78 is 0. The third-order valence-corrected chi connectivity index (χ3v) is 3.32. The molecule has 22 heavy (non-hydrogen) atoms. The number of aromatic hydroxyl groups is 1. The summed E-state index contributed by atoms with van der Waals surface area (Å²) in [5.74, 6) is -0.106. The first-order valence-electron chi connectivity index (χ1n) is 7.23. The third kappa shape index (κ3) is 4.48. The van der Waals surface area contributed by atoms with Crippen molar-refractivity contribution in [3.05, 3.63) is 65.7 Å². The Bertz CT molecular complexity index is 679. The molecule has 3 heteroatoms. The van der Waals surface area contributed by atoms with Gasteiger partial charge in [0.15, 0.2) is 0 Å². The Balaban J connectivity index is 2.00. The van der Waals surface area contributed by atoms with E-state index in [0.29, 0.717) is 5.69 Å². The van der Waals surface area contributed by atoms with E-state index in [9.17, 15) is 9.90 Å². The fourth-order valence-electron chi connectivity index (χ4n) is 2.03. The minimum Gasteiger partial charge on any atom is -0.508 e. The molecule has 2 N–H and O–H groups in total. The quantitative estimate of drug-likeness (QED) is 0.827. The zero-order valence-corrected chi connectivity index (χ0v) is 13.1. The van der Waals surface area contributed by atoms with Gasteiger partial charge in [-0.1, -0.05) is 51.1 Å². The molecular formula is C19H21NO2. The molecule has 1 amide bonds. The van der Waals surface area contributed by atoms with Crippen molar-refractivity contribution in [2.24, 2.45) is 0 Å². The van der Waals surface area contributed by atoms with Crippen LogP contribution in [0.2, 0.25) is 0 Å². The molecule has 0 spiro atoms. The zero-order valence-electron chi connectivity index (χ0n) is 13.1. The van der Waals surface area contributed by atoms with E-state index in [1.54, 1.807) is 24.3 Å². The van der Waals surface area contributed by atoms with Gasteiger partial charge in [0.25, 0.3) is 0 Å². The van der Waals surface area contributed by atoms with E-state index in [1.165, 1.54) is 17.7 Å². The van der Waals surface area contributed by atoms with Gasteiger partial charge in [0.05, 0.1) is 0 Å². The highest BCUT2D eigenvalue weighted by atomic mass is 16.3. The standard InChI is InChI=1S/C19H21NO2/c1-19(2,3)15-10-7-14(8-11-15)9-12-18(22)20-16-5-4-6-17(21)13-16/h4-13,21H,1-3H3,(H,20,22)/b12-9+. The highest BCUT2D eigenvalue weighted by molar-refractivity contribution is 6.02. The molecule has 2 aromatic carbocycles. The number of nitrogens with one attached hydrogen (secondary N) is 1. The molecule has 0 saturated carbocycles. The number of benzene rings is 2. The van der Waals surface area contributed by atoms with E-state index < -0.39 is 0 Å². The Morgan fingerprint density at radius 2 is 1.77 bits per heavy atom. The SMILES string of the molecule is CC(C)(C)c1ccc(/C=C/C(=O)Nc2cccc(O)c2)cc1. The summed E-state index contributed by atoms with van der Waals surface area (Å²) in [4.78, 5) is 11.8. The Kier molecular flexibility index (Phi) is 4.66. The van der Waals surface area contributed by atoms with Gasteiger partial charge in [-0.3, -0.25) is 4.79 Å². The number of hydrogen-bond acceptors (Lipinski definition) is 2. The highest BCUT2D eigenvalue weighted by Gasteiger charge is 2.12. The van der Waals surface area contributed by atoms with Gasteiger partial charge >= 0.3 is 0 Å². The molecule has 0 unspecified atom stereocenters. The molecule has 0 fully saturated rings. The summed E-state index contributed by atoms with van der Waals surface area (Å²) in [7, 11) is 0. The van der Waals surface area contributed by atoms with Gasteiger partial charge in [-0.05, 0) is 34.8 Å². The van der Waals surface area contributed by atoms with Gasteiger partial charge in [0.1, 0.15) is 5.75 Å². The number of hydrogen-bond donors (Lipinski definition) is 2. The van der Waals surface area contributed by atoms with E-state index >= 15 is 0 Å². The maximum absolute atomic E-state index is 11.8. The first-order chi connectivity index (χ1) is 10.3. The number of anilines is 1. The lowest BCUT2D eigenvalue weighted by Crippen LogP contribution is -2.10. The van der Waals surface area contributed by atoms with Crippen molar-refractivity contribution in [3.63, 3.8) is 0 Å². The predicted molar refractivity (Wildman–Crippen MR) is 90.9 cm³/mol. The van der Waals surface area contributed by atoms with E-state index in [-0.39, 0.29) is 17.1 Å². The summed E-state index contributed by atoms with van der Waals surface area (Å²) in [6, 6.07) is 14.6. The van der Waals surface area contributed by atoms with Crippen LogP contribution in [0.1, 0.15) is 31.9 Å². The second kappa shape index (κ2) is 6.48. The molecule has 0 aliphatic carbocycles. The molecule has 0 aliphatic rings. The molecule has 114 valence electrons. The van der Waals surface area contributed by atoms with Crippen molar-refractivity contribution in [2.45, 2.75) is 26.2 Å². The lowest BCUT2D eigenvalue weighted by Gasteiger charge is -2.18. The largest absolute Gasteiger partial charge is 0.508 e. The summed E-state index contributed by atoms with van der Waals surface area (Å²) in [6.45, 7) is 6.50. The molecule has 0 atom stereocenters. The van der Waals surface area contributed by atoms with Crippen molar-refractivity contribution in [3.8, 4) is 5.75 Å². The number of phenols is 1. The first-order valence-corrected chi connectivity index (χ1v) is 7.23. The predicted octanol–water partition coefficient (Wildman–Crippen LogP) is 4.34. The fourth-order valence-corrected chi connectivity index (χ4v) is 2.03. The minimum absolute atomic E-state index is 0.120. The van der Waals surface area contributed by atoms with Gasteiger partial charge in [0, 0.05) is 17.8 Å². The Morgan fingerprint density at radius 1 is 1.09 bits per heavy atom. The Morgan fingerprint density at radius 3 is 2.36 bits per heavy atom. The number of phenolic OH excluding ortho intramolecular Hbond substituents is 1. The maximum atomic E-state index is 11.8. The average Bonchev–Trinajstić information content (AvgIpc) is 2.45. The molecule has 0 aliphatic heterocycles. The molecular weight excluding hydrogens is 274 g/mol. The average molecular weight is 295 g/mol. The van der Waals surface area contributed by atoms with Gasteiger partial charge in [-0.25, -0.2) is 0 Å². The van der Waals surface area contributed by atoms with E-state index in [4.69, 9.17) is 0 Å². The van der Waals surface area contributed by atoms with E-state index in [2.05, 4.69) is 38.2 Å². The lowest BCUT2D eigenvalue weighted by molar-refractivity contribution is -0.111. The van der Waals surface area contributed by atoms with Crippen LogP contribution in [-0.4, -0.2) is 11.0 Å². The van der Waals surface area contributed by atoms with Gasteiger partial charge in [0.2, 0.25) is 5.91 Å². The Hall–Kier alpha value is -2.55. The molecule has 0 radical (unpaired) electrons. The zero-order chi connectivity index (χ0) is 16.2. The molecule has 2 rings (SSSR count). The summed E-state index contributed by atoms with van der Waals surface area (Å²) in [6.07, 6.45) is 3.25. The van der Waals surface area contributed by atoms with Crippen LogP contribution in [0.25, 0.3) is 6.08 Å². The first kappa shape index (κ1) is 15.8. The Labute approximate surface area is 131 Å².